The number of imidazole rings is 1. The summed E-state index contributed by atoms with van der Waals surface area (Å²) in [5.74, 6) is 0.827. The Bertz CT molecular complexity index is 924. The average Bonchev–Trinajstić information content (AvgIpc) is 3.23. The third kappa shape index (κ3) is 2.69. The highest BCUT2D eigenvalue weighted by molar-refractivity contribution is 7.13. The molecule has 112 valence electrons. The first-order valence-electron chi connectivity index (χ1n) is 7.44. The summed E-state index contributed by atoms with van der Waals surface area (Å²) in [5.41, 5.74) is 5.27. The summed E-state index contributed by atoms with van der Waals surface area (Å²) in [6.07, 6.45) is 0. The molecule has 0 saturated carbocycles. The molecule has 4 aromatic rings. The van der Waals surface area contributed by atoms with Crippen molar-refractivity contribution in [2.24, 2.45) is 0 Å². The van der Waals surface area contributed by atoms with Gasteiger partial charge in [0.25, 0.3) is 0 Å². The second kappa shape index (κ2) is 5.82. The number of benzene rings is 2. The Labute approximate surface area is 138 Å². The van der Waals surface area contributed by atoms with Crippen LogP contribution in [-0.4, -0.2) is 15.0 Å². The van der Waals surface area contributed by atoms with Gasteiger partial charge in [0.05, 0.1) is 11.4 Å². The summed E-state index contributed by atoms with van der Waals surface area (Å²) >= 11 is 1.61. The molecule has 1 N–H and O–H groups in total. The van der Waals surface area contributed by atoms with Gasteiger partial charge in [0.15, 0.2) is 10.8 Å². The van der Waals surface area contributed by atoms with E-state index >= 15 is 0 Å². The Morgan fingerprint density at radius 2 is 1.48 bits per heavy atom. The lowest BCUT2D eigenvalue weighted by molar-refractivity contribution is 1.24. The molecule has 0 bridgehead atoms. The van der Waals surface area contributed by atoms with Crippen LogP contribution in [0, 0.1) is 6.92 Å². The van der Waals surface area contributed by atoms with Gasteiger partial charge in [0.2, 0.25) is 0 Å². The third-order valence-electron chi connectivity index (χ3n) is 3.71. The van der Waals surface area contributed by atoms with Crippen LogP contribution in [0.25, 0.3) is 33.3 Å². The summed E-state index contributed by atoms with van der Waals surface area (Å²) in [4.78, 5) is 12.8. The molecule has 23 heavy (non-hydrogen) atoms. The minimum Gasteiger partial charge on any atom is -0.340 e. The lowest BCUT2D eigenvalue weighted by Gasteiger charge is -1.96. The van der Waals surface area contributed by atoms with Gasteiger partial charge in [-0.1, -0.05) is 60.7 Å². The highest BCUT2D eigenvalue weighted by atomic mass is 32.1. The Kier molecular flexibility index (Phi) is 3.52. The normalized spacial score (nSPS) is 10.8. The number of thiazole rings is 1. The summed E-state index contributed by atoms with van der Waals surface area (Å²) in [6, 6.07) is 20.4. The molecule has 3 nitrogen and oxygen atoms in total. The van der Waals surface area contributed by atoms with E-state index in [4.69, 9.17) is 9.97 Å². The molecule has 0 spiro atoms. The average molecular weight is 317 g/mol. The van der Waals surface area contributed by atoms with Gasteiger partial charge >= 0.3 is 0 Å². The van der Waals surface area contributed by atoms with Gasteiger partial charge in [-0.15, -0.1) is 11.3 Å². The number of nitrogens with one attached hydrogen (secondary N) is 1. The number of aryl methyl sites for hydroxylation is 1. The lowest BCUT2D eigenvalue weighted by atomic mass is 10.1. The topological polar surface area (TPSA) is 41.6 Å². The number of aromatic nitrogens is 3. The highest BCUT2D eigenvalue weighted by Crippen LogP contribution is 2.30. The van der Waals surface area contributed by atoms with Crippen molar-refractivity contribution < 1.29 is 0 Å². The van der Waals surface area contributed by atoms with Crippen LogP contribution >= 0.6 is 11.3 Å². The lowest BCUT2D eigenvalue weighted by Crippen LogP contribution is -1.81. The van der Waals surface area contributed by atoms with E-state index in [2.05, 4.69) is 34.6 Å². The van der Waals surface area contributed by atoms with E-state index in [1.165, 1.54) is 0 Å². The zero-order valence-corrected chi connectivity index (χ0v) is 13.5. The van der Waals surface area contributed by atoms with Crippen LogP contribution in [0.15, 0.2) is 66.0 Å². The van der Waals surface area contributed by atoms with Crippen molar-refractivity contribution in [2.45, 2.75) is 6.92 Å². The molecule has 0 aliphatic rings. The van der Waals surface area contributed by atoms with Gasteiger partial charge in [0, 0.05) is 22.2 Å². The molecule has 0 fully saturated rings. The smallest absolute Gasteiger partial charge is 0.167 e. The van der Waals surface area contributed by atoms with Crippen molar-refractivity contribution in [1.82, 2.24) is 15.0 Å². The minimum absolute atomic E-state index is 0.827. The molecular formula is C19H15N3S. The fourth-order valence-electron chi connectivity index (χ4n) is 2.56. The number of rotatable bonds is 3. The maximum absolute atomic E-state index is 4.75. The van der Waals surface area contributed by atoms with Crippen molar-refractivity contribution in [3.05, 3.63) is 71.7 Å². The summed E-state index contributed by atoms with van der Waals surface area (Å²) < 4.78 is 0. The zero-order chi connectivity index (χ0) is 15.6. The van der Waals surface area contributed by atoms with Gasteiger partial charge in [-0.25, -0.2) is 9.97 Å². The van der Waals surface area contributed by atoms with Crippen LogP contribution < -0.4 is 0 Å². The Hall–Kier alpha value is -2.72. The van der Waals surface area contributed by atoms with Crippen molar-refractivity contribution in [1.29, 1.82) is 0 Å². The van der Waals surface area contributed by atoms with E-state index in [-0.39, 0.29) is 0 Å². The number of hydrogen-bond donors (Lipinski definition) is 1. The highest BCUT2D eigenvalue weighted by Gasteiger charge is 2.13. The molecule has 0 saturated heterocycles. The quantitative estimate of drug-likeness (QED) is 0.566. The van der Waals surface area contributed by atoms with Gasteiger partial charge in [0.1, 0.15) is 0 Å². The van der Waals surface area contributed by atoms with Gasteiger partial charge < -0.3 is 4.98 Å². The van der Waals surface area contributed by atoms with Crippen molar-refractivity contribution >= 4 is 11.3 Å². The number of hydrogen-bond acceptors (Lipinski definition) is 3. The second-order valence-corrected chi connectivity index (χ2v) is 6.19. The van der Waals surface area contributed by atoms with Gasteiger partial charge in [-0.05, 0) is 6.92 Å². The Balaban J connectivity index is 1.71. The van der Waals surface area contributed by atoms with Crippen LogP contribution in [-0.2, 0) is 0 Å². The largest absolute Gasteiger partial charge is 0.340 e. The molecule has 2 aromatic heterocycles. The standard InChI is InChI=1S/C19H15N3S/c1-13-17(15-10-6-3-7-11-15)22-18(20-13)19-21-16(12-23-19)14-8-4-2-5-9-14/h2-12H,1H3,(H,20,22). The molecule has 0 amide bonds. The Morgan fingerprint density at radius 3 is 2.17 bits per heavy atom. The molecule has 0 aliphatic carbocycles. The molecule has 0 atom stereocenters. The van der Waals surface area contributed by atoms with Crippen molar-refractivity contribution in [3.8, 4) is 33.3 Å². The maximum Gasteiger partial charge on any atom is 0.167 e. The summed E-state index contributed by atoms with van der Waals surface area (Å²) in [7, 11) is 0. The van der Waals surface area contributed by atoms with E-state index in [1.807, 2.05) is 43.3 Å². The molecule has 2 heterocycles. The molecule has 4 rings (SSSR count). The van der Waals surface area contributed by atoms with Gasteiger partial charge in [-0.3, -0.25) is 0 Å². The SMILES string of the molecule is Cc1[nH]c(-c2nc(-c3ccccc3)cs2)nc1-c1ccccc1. The van der Waals surface area contributed by atoms with Crippen LogP contribution in [0.1, 0.15) is 5.69 Å². The van der Waals surface area contributed by atoms with Gasteiger partial charge in [-0.2, -0.15) is 0 Å². The predicted molar refractivity (Wildman–Crippen MR) is 95.3 cm³/mol. The zero-order valence-electron chi connectivity index (χ0n) is 12.7. The van der Waals surface area contributed by atoms with Crippen LogP contribution in [0.4, 0.5) is 0 Å². The second-order valence-electron chi connectivity index (χ2n) is 5.33. The predicted octanol–water partition coefficient (Wildman–Crippen LogP) is 5.18. The first kappa shape index (κ1) is 13.9. The monoisotopic (exact) mass is 317 g/mol. The van der Waals surface area contributed by atoms with Crippen LogP contribution in [0.5, 0.6) is 0 Å². The van der Waals surface area contributed by atoms with E-state index in [0.29, 0.717) is 0 Å². The fraction of sp³-hybridized carbons (Fsp3) is 0.0526. The fourth-order valence-corrected chi connectivity index (χ4v) is 3.33. The Morgan fingerprint density at radius 1 is 0.826 bits per heavy atom. The first-order valence-corrected chi connectivity index (χ1v) is 8.32. The number of aromatic amines is 1. The molecule has 0 radical (unpaired) electrons. The third-order valence-corrected chi connectivity index (χ3v) is 4.56. The molecule has 0 unspecified atom stereocenters. The van der Waals surface area contributed by atoms with E-state index < -0.39 is 0 Å². The van der Waals surface area contributed by atoms with Crippen LogP contribution in [0.2, 0.25) is 0 Å². The molecular weight excluding hydrogens is 302 g/mol. The molecule has 2 aromatic carbocycles. The summed E-state index contributed by atoms with van der Waals surface area (Å²) in [5, 5.41) is 2.99. The molecule has 0 aliphatic heterocycles. The van der Waals surface area contributed by atoms with E-state index in [0.717, 1.165) is 39.0 Å². The van der Waals surface area contributed by atoms with E-state index in [1.54, 1.807) is 11.3 Å². The summed E-state index contributed by atoms with van der Waals surface area (Å²) in [6.45, 7) is 2.05. The van der Waals surface area contributed by atoms with Crippen LogP contribution in [0.3, 0.4) is 0 Å². The minimum atomic E-state index is 0.827. The van der Waals surface area contributed by atoms with Crippen molar-refractivity contribution in [3.63, 3.8) is 0 Å². The van der Waals surface area contributed by atoms with Crippen molar-refractivity contribution in [2.75, 3.05) is 0 Å². The molecule has 4 heteroatoms. The number of H-pyrrole nitrogens is 1. The van der Waals surface area contributed by atoms with E-state index in [9.17, 15) is 0 Å². The first-order chi connectivity index (χ1) is 11.3. The number of nitrogens with zero attached hydrogens (tertiary/aromatic N) is 2. The maximum atomic E-state index is 4.75.